The number of aromatic amines is 1. The van der Waals surface area contributed by atoms with Crippen LogP contribution >= 0.6 is 0 Å². The third-order valence-corrected chi connectivity index (χ3v) is 4.91. The molecule has 0 aliphatic carbocycles. The molecule has 0 bridgehead atoms. The molecule has 2 heterocycles. The summed E-state index contributed by atoms with van der Waals surface area (Å²) in [4.78, 5) is 7.73. The van der Waals surface area contributed by atoms with Crippen molar-refractivity contribution in [2.45, 2.75) is 45.8 Å². The molecule has 3 rings (SSSR count). The zero-order valence-corrected chi connectivity index (χ0v) is 15.4. The summed E-state index contributed by atoms with van der Waals surface area (Å²) < 4.78 is 12.4. The lowest BCUT2D eigenvalue weighted by Crippen LogP contribution is -2.41. The largest absolute Gasteiger partial charge is 0.491 e. The predicted molar refractivity (Wildman–Crippen MR) is 98.8 cm³/mol. The van der Waals surface area contributed by atoms with Crippen LogP contribution in [0.3, 0.4) is 0 Å². The van der Waals surface area contributed by atoms with Crippen LogP contribution in [0.15, 0.2) is 23.7 Å². The van der Waals surface area contributed by atoms with Gasteiger partial charge in [0.25, 0.3) is 0 Å². The van der Waals surface area contributed by atoms with Crippen molar-refractivity contribution in [3.05, 3.63) is 35.1 Å². The molecule has 0 spiro atoms. The van der Waals surface area contributed by atoms with Gasteiger partial charge in [-0.25, -0.2) is 4.98 Å². The van der Waals surface area contributed by atoms with Crippen molar-refractivity contribution in [1.29, 1.82) is 0 Å². The monoisotopic (exact) mass is 327 g/mol. The second kappa shape index (κ2) is 6.03. The molecule has 6 heteroatoms. The molecule has 1 fully saturated rings. The Morgan fingerprint density at radius 1 is 1.25 bits per heavy atom. The van der Waals surface area contributed by atoms with Gasteiger partial charge in [0.1, 0.15) is 5.82 Å². The highest BCUT2D eigenvalue weighted by atomic mass is 16.7. The number of aromatic nitrogens is 2. The number of nitrogens with zero attached hydrogens (tertiary/aromatic N) is 1. The average molecular weight is 327 g/mol. The van der Waals surface area contributed by atoms with Crippen LogP contribution in [0.1, 0.15) is 39.1 Å². The van der Waals surface area contributed by atoms with E-state index in [-0.39, 0.29) is 18.3 Å². The summed E-state index contributed by atoms with van der Waals surface area (Å²) in [5, 5.41) is 3.21. The number of H-pyrrole nitrogens is 1. The maximum atomic E-state index is 6.19. The van der Waals surface area contributed by atoms with Gasteiger partial charge in [0, 0.05) is 6.54 Å². The third-order valence-electron chi connectivity index (χ3n) is 4.91. The zero-order valence-electron chi connectivity index (χ0n) is 15.4. The summed E-state index contributed by atoms with van der Waals surface area (Å²) in [5.74, 6) is 0.924. The van der Waals surface area contributed by atoms with Gasteiger partial charge in [-0.05, 0) is 64.8 Å². The number of imidazole rings is 1. The van der Waals surface area contributed by atoms with Crippen LogP contribution in [0.4, 0.5) is 0 Å². The number of rotatable bonds is 4. The minimum absolute atomic E-state index is 0.338. The van der Waals surface area contributed by atoms with Crippen molar-refractivity contribution in [3.8, 4) is 0 Å². The molecule has 0 radical (unpaired) electrons. The van der Waals surface area contributed by atoms with Crippen LogP contribution in [0.2, 0.25) is 0 Å². The Balaban J connectivity index is 1.93. The van der Waals surface area contributed by atoms with E-state index in [1.54, 1.807) is 0 Å². The van der Waals surface area contributed by atoms with Crippen molar-refractivity contribution in [2.24, 2.45) is 0 Å². The molecule has 2 aromatic rings. The fourth-order valence-electron chi connectivity index (χ4n) is 2.86. The first-order valence-electron chi connectivity index (χ1n) is 8.39. The van der Waals surface area contributed by atoms with Crippen LogP contribution in [0.5, 0.6) is 0 Å². The summed E-state index contributed by atoms with van der Waals surface area (Å²) in [6.45, 7) is 11.0. The van der Waals surface area contributed by atoms with Crippen molar-refractivity contribution < 1.29 is 9.31 Å². The van der Waals surface area contributed by atoms with Gasteiger partial charge < -0.3 is 19.6 Å². The van der Waals surface area contributed by atoms with Gasteiger partial charge >= 0.3 is 7.12 Å². The topological polar surface area (TPSA) is 59.2 Å². The summed E-state index contributed by atoms with van der Waals surface area (Å²) in [5.41, 5.74) is 3.52. The van der Waals surface area contributed by atoms with Crippen LogP contribution in [-0.2, 0) is 9.31 Å². The molecule has 0 atom stereocenters. The number of hydrogen-bond donors (Lipinski definition) is 2. The van der Waals surface area contributed by atoms with Crippen molar-refractivity contribution in [2.75, 3.05) is 13.6 Å². The lowest BCUT2D eigenvalue weighted by atomic mass is 9.77. The van der Waals surface area contributed by atoms with E-state index >= 15 is 0 Å². The molecule has 0 saturated carbocycles. The molecule has 2 N–H and O–H groups in total. The molecular formula is C18H26BN3O2. The lowest BCUT2D eigenvalue weighted by Gasteiger charge is -2.32. The minimum atomic E-state index is -0.346. The zero-order chi connectivity index (χ0) is 17.5. The quantitative estimate of drug-likeness (QED) is 0.847. The highest BCUT2D eigenvalue weighted by molar-refractivity contribution is 6.55. The van der Waals surface area contributed by atoms with E-state index in [1.165, 1.54) is 0 Å². The molecule has 0 amide bonds. The standard InChI is InChI=1S/C18H26BN3O2/c1-12-21-15-8-7-13(10-16(15)22-12)9-14(11-20-6)19-23-17(2,3)18(4,5)24-19/h7-10,20H,11H2,1-6H3,(H,21,22). The van der Waals surface area contributed by atoms with E-state index in [9.17, 15) is 0 Å². The van der Waals surface area contributed by atoms with E-state index in [1.807, 2.05) is 20.0 Å². The van der Waals surface area contributed by atoms with Gasteiger partial charge in [0.05, 0.1) is 22.2 Å². The average Bonchev–Trinajstić information content (AvgIpc) is 2.94. The molecule has 1 aromatic carbocycles. The number of benzene rings is 1. The molecule has 24 heavy (non-hydrogen) atoms. The lowest BCUT2D eigenvalue weighted by molar-refractivity contribution is 0.00578. The highest BCUT2D eigenvalue weighted by Crippen LogP contribution is 2.38. The molecule has 1 aromatic heterocycles. The maximum absolute atomic E-state index is 6.19. The number of likely N-dealkylation sites (N-methyl/N-ethyl adjacent to an activating group) is 1. The summed E-state index contributed by atoms with van der Waals surface area (Å²) >= 11 is 0. The van der Waals surface area contributed by atoms with Crippen LogP contribution in [0, 0.1) is 6.92 Å². The van der Waals surface area contributed by atoms with E-state index in [4.69, 9.17) is 9.31 Å². The minimum Gasteiger partial charge on any atom is -0.400 e. The Hall–Kier alpha value is -1.63. The maximum Gasteiger partial charge on any atom is 0.491 e. The normalized spacial score (nSPS) is 20.1. The number of fused-ring (bicyclic) bond motifs is 1. The summed E-state index contributed by atoms with van der Waals surface area (Å²) in [6, 6.07) is 6.21. The number of nitrogens with one attached hydrogen (secondary N) is 2. The first-order chi connectivity index (χ1) is 11.2. The van der Waals surface area contributed by atoms with Crippen molar-refractivity contribution >= 4 is 24.2 Å². The summed E-state index contributed by atoms with van der Waals surface area (Å²) in [6.07, 6.45) is 2.13. The molecular weight excluding hydrogens is 301 g/mol. The van der Waals surface area contributed by atoms with Gasteiger partial charge in [-0.15, -0.1) is 0 Å². The Bertz CT molecular complexity index is 764. The fourth-order valence-corrected chi connectivity index (χ4v) is 2.86. The predicted octanol–water partition coefficient (Wildman–Crippen LogP) is 3.11. The van der Waals surface area contributed by atoms with E-state index in [0.29, 0.717) is 6.54 Å². The first kappa shape index (κ1) is 17.2. The van der Waals surface area contributed by atoms with Gasteiger partial charge in [-0.1, -0.05) is 12.1 Å². The molecule has 5 nitrogen and oxygen atoms in total. The Morgan fingerprint density at radius 3 is 2.54 bits per heavy atom. The van der Waals surface area contributed by atoms with Gasteiger partial charge in [-0.3, -0.25) is 0 Å². The second-order valence-corrected chi connectivity index (χ2v) is 7.44. The van der Waals surface area contributed by atoms with Crippen molar-refractivity contribution in [1.82, 2.24) is 15.3 Å². The molecule has 128 valence electrons. The smallest absolute Gasteiger partial charge is 0.400 e. The molecule has 1 saturated heterocycles. The van der Waals surface area contributed by atoms with Gasteiger partial charge in [-0.2, -0.15) is 0 Å². The Morgan fingerprint density at radius 2 is 1.92 bits per heavy atom. The van der Waals surface area contributed by atoms with Crippen LogP contribution < -0.4 is 5.32 Å². The van der Waals surface area contributed by atoms with Crippen molar-refractivity contribution in [3.63, 3.8) is 0 Å². The van der Waals surface area contributed by atoms with E-state index in [0.717, 1.165) is 27.9 Å². The Kier molecular flexibility index (Phi) is 4.32. The molecule has 1 aliphatic heterocycles. The summed E-state index contributed by atoms with van der Waals surface area (Å²) in [7, 11) is 1.59. The van der Waals surface area contributed by atoms with E-state index in [2.05, 4.69) is 61.2 Å². The Labute approximate surface area is 144 Å². The van der Waals surface area contributed by atoms with Gasteiger partial charge in [0.15, 0.2) is 0 Å². The third kappa shape index (κ3) is 3.14. The first-order valence-corrected chi connectivity index (χ1v) is 8.39. The van der Waals surface area contributed by atoms with Gasteiger partial charge in [0.2, 0.25) is 0 Å². The van der Waals surface area contributed by atoms with Crippen LogP contribution in [-0.4, -0.2) is 41.9 Å². The number of hydrogen-bond acceptors (Lipinski definition) is 4. The second-order valence-electron chi connectivity index (χ2n) is 7.44. The molecule has 1 aliphatic rings. The molecule has 0 unspecified atom stereocenters. The highest BCUT2D eigenvalue weighted by Gasteiger charge is 2.52. The van der Waals surface area contributed by atoms with E-state index < -0.39 is 0 Å². The number of aryl methyl sites for hydroxylation is 1. The van der Waals surface area contributed by atoms with Crippen LogP contribution in [0.25, 0.3) is 17.1 Å². The SMILES string of the molecule is CNCC(=Cc1ccc2nc(C)[nH]c2c1)B1OC(C)(C)C(C)(C)O1. The fraction of sp³-hybridized carbons (Fsp3) is 0.500.